The molecule has 0 saturated carbocycles. The molecule has 0 saturated heterocycles. The van der Waals surface area contributed by atoms with Crippen LogP contribution in [0.25, 0.3) is 5.69 Å². The van der Waals surface area contributed by atoms with Gasteiger partial charge in [-0.25, -0.2) is 4.98 Å². The van der Waals surface area contributed by atoms with Crippen LogP contribution in [-0.2, 0) is 0 Å². The molecule has 0 aliphatic carbocycles. The van der Waals surface area contributed by atoms with E-state index in [4.69, 9.17) is 11.6 Å². The minimum atomic E-state index is 0.660. The number of aromatic nitrogens is 2. The van der Waals surface area contributed by atoms with E-state index in [-0.39, 0.29) is 0 Å². The number of hydrogen-bond donors (Lipinski definition) is 1. The molecule has 3 nitrogen and oxygen atoms in total. The van der Waals surface area contributed by atoms with E-state index in [0.29, 0.717) is 5.02 Å². The molecule has 0 aliphatic rings. The molecule has 0 spiro atoms. The second-order valence-corrected chi connectivity index (χ2v) is 5.47. The van der Waals surface area contributed by atoms with E-state index in [0.717, 1.165) is 21.8 Å². The third-order valence-electron chi connectivity index (χ3n) is 2.85. The predicted molar refractivity (Wildman–Crippen MR) is 86.0 cm³/mol. The Morgan fingerprint density at radius 2 is 1.90 bits per heavy atom. The highest BCUT2D eigenvalue weighted by atomic mass is 79.9. The summed E-state index contributed by atoms with van der Waals surface area (Å²) < 4.78 is 2.85. The number of rotatable bonds is 3. The summed E-state index contributed by atoms with van der Waals surface area (Å²) in [5.74, 6) is 0.745. The maximum Gasteiger partial charge on any atom is 0.212 e. The number of nitrogens with one attached hydrogen (secondary N) is 1. The van der Waals surface area contributed by atoms with Crippen molar-refractivity contribution < 1.29 is 0 Å². The number of halogens is 2. The molecule has 1 heterocycles. The van der Waals surface area contributed by atoms with Gasteiger partial charge in [0.25, 0.3) is 0 Å². The topological polar surface area (TPSA) is 29.9 Å². The second-order valence-electron chi connectivity index (χ2n) is 4.21. The van der Waals surface area contributed by atoms with Crippen LogP contribution in [0.15, 0.2) is 65.4 Å². The molecule has 3 rings (SSSR count). The van der Waals surface area contributed by atoms with E-state index in [1.807, 2.05) is 59.3 Å². The van der Waals surface area contributed by atoms with Gasteiger partial charge in [0.15, 0.2) is 0 Å². The summed E-state index contributed by atoms with van der Waals surface area (Å²) in [4.78, 5) is 4.34. The lowest BCUT2D eigenvalue weighted by molar-refractivity contribution is 1.06. The first kappa shape index (κ1) is 13.2. The Balaban J connectivity index is 1.92. The van der Waals surface area contributed by atoms with Crippen molar-refractivity contribution in [3.05, 3.63) is 70.4 Å². The lowest BCUT2D eigenvalue weighted by Crippen LogP contribution is -2.00. The van der Waals surface area contributed by atoms with Crippen molar-refractivity contribution in [2.75, 3.05) is 5.32 Å². The van der Waals surface area contributed by atoms with E-state index in [2.05, 4.69) is 26.2 Å². The molecule has 1 aromatic heterocycles. The van der Waals surface area contributed by atoms with Crippen molar-refractivity contribution in [3.63, 3.8) is 0 Å². The standard InChI is InChI=1S/C15H11BrClN3/c16-13-7-6-11(10-14(13)17)19-15-18-8-9-20(15)12-4-2-1-3-5-12/h1-10H,(H,18,19). The van der Waals surface area contributed by atoms with Gasteiger partial charge in [-0.1, -0.05) is 29.8 Å². The molecule has 0 atom stereocenters. The molecule has 3 aromatic rings. The number of para-hydroxylation sites is 1. The molecular formula is C15H11BrClN3. The average molecular weight is 349 g/mol. The van der Waals surface area contributed by atoms with Gasteiger partial charge >= 0.3 is 0 Å². The lowest BCUT2D eigenvalue weighted by Gasteiger charge is -2.10. The van der Waals surface area contributed by atoms with Gasteiger partial charge in [-0.3, -0.25) is 4.57 Å². The van der Waals surface area contributed by atoms with Crippen LogP contribution in [0.2, 0.25) is 5.02 Å². The predicted octanol–water partition coefficient (Wildman–Crippen LogP) is 5.03. The van der Waals surface area contributed by atoms with E-state index in [9.17, 15) is 0 Å². The van der Waals surface area contributed by atoms with E-state index >= 15 is 0 Å². The molecule has 0 bridgehead atoms. The van der Waals surface area contributed by atoms with Gasteiger partial charge in [-0.05, 0) is 46.3 Å². The zero-order valence-electron chi connectivity index (χ0n) is 10.4. The van der Waals surface area contributed by atoms with E-state index < -0.39 is 0 Å². The van der Waals surface area contributed by atoms with Crippen molar-refractivity contribution in [1.82, 2.24) is 9.55 Å². The molecule has 0 radical (unpaired) electrons. The van der Waals surface area contributed by atoms with Gasteiger partial charge in [0.05, 0.1) is 5.02 Å². The highest BCUT2D eigenvalue weighted by Gasteiger charge is 2.06. The summed E-state index contributed by atoms with van der Waals surface area (Å²) in [6.07, 6.45) is 3.67. The van der Waals surface area contributed by atoms with E-state index in [1.54, 1.807) is 6.20 Å². The Hall–Kier alpha value is -1.78. The molecular weight excluding hydrogens is 338 g/mol. The van der Waals surface area contributed by atoms with Crippen molar-refractivity contribution >= 4 is 39.2 Å². The van der Waals surface area contributed by atoms with Gasteiger partial charge in [-0.15, -0.1) is 0 Å². The summed E-state index contributed by atoms with van der Waals surface area (Å²) in [5, 5.41) is 3.93. The first-order valence-corrected chi connectivity index (χ1v) is 7.22. The number of hydrogen-bond acceptors (Lipinski definition) is 2. The first-order chi connectivity index (χ1) is 9.74. The first-order valence-electron chi connectivity index (χ1n) is 6.05. The van der Waals surface area contributed by atoms with Crippen LogP contribution in [0, 0.1) is 0 Å². The zero-order chi connectivity index (χ0) is 13.9. The molecule has 5 heteroatoms. The molecule has 1 N–H and O–H groups in total. The number of benzene rings is 2. The Morgan fingerprint density at radius 3 is 2.65 bits per heavy atom. The molecule has 0 unspecified atom stereocenters. The third kappa shape index (κ3) is 2.71. The number of nitrogens with zero attached hydrogens (tertiary/aromatic N) is 2. The summed E-state index contributed by atoms with van der Waals surface area (Å²) >= 11 is 9.47. The van der Waals surface area contributed by atoms with Crippen LogP contribution in [0.1, 0.15) is 0 Å². The SMILES string of the molecule is Clc1cc(Nc2nccn2-c2ccccc2)ccc1Br. The molecule has 2 aromatic carbocycles. The quantitative estimate of drug-likeness (QED) is 0.719. The van der Waals surface area contributed by atoms with Crippen LogP contribution in [0.3, 0.4) is 0 Å². The normalized spacial score (nSPS) is 10.5. The Bertz CT molecular complexity index is 725. The largest absolute Gasteiger partial charge is 0.325 e. The molecule has 0 fully saturated rings. The van der Waals surface area contributed by atoms with Gasteiger partial charge in [0, 0.05) is 28.2 Å². The summed E-state index contributed by atoms with van der Waals surface area (Å²) in [6.45, 7) is 0. The monoisotopic (exact) mass is 347 g/mol. The summed E-state index contributed by atoms with van der Waals surface area (Å²) in [6, 6.07) is 15.7. The summed E-state index contributed by atoms with van der Waals surface area (Å²) in [5.41, 5.74) is 1.94. The third-order valence-corrected chi connectivity index (χ3v) is 4.08. The van der Waals surface area contributed by atoms with Crippen molar-refractivity contribution in [2.45, 2.75) is 0 Å². The minimum absolute atomic E-state index is 0.660. The highest BCUT2D eigenvalue weighted by Crippen LogP contribution is 2.27. The van der Waals surface area contributed by atoms with E-state index in [1.165, 1.54) is 0 Å². The highest BCUT2D eigenvalue weighted by molar-refractivity contribution is 9.10. The van der Waals surface area contributed by atoms with Gasteiger partial charge < -0.3 is 5.32 Å². The lowest BCUT2D eigenvalue weighted by atomic mass is 10.3. The average Bonchev–Trinajstić information content (AvgIpc) is 2.92. The minimum Gasteiger partial charge on any atom is -0.325 e. The van der Waals surface area contributed by atoms with Crippen LogP contribution < -0.4 is 5.32 Å². The summed E-state index contributed by atoms with van der Waals surface area (Å²) in [7, 11) is 0. The van der Waals surface area contributed by atoms with Crippen LogP contribution in [-0.4, -0.2) is 9.55 Å². The van der Waals surface area contributed by atoms with Crippen LogP contribution >= 0.6 is 27.5 Å². The van der Waals surface area contributed by atoms with Crippen molar-refractivity contribution in [1.29, 1.82) is 0 Å². The van der Waals surface area contributed by atoms with Crippen LogP contribution in [0.5, 0.6) is 0 Å². The Kier molecular flexibility index (Phi) is 3.76. The maximum absolute atomic E-state index is 6.10. The maximum atomic E-state index is 6.10. The van der Waals surface area contributed by atoms with Gasteiger partial charge in [-0.2, -0.15) is 0 Å². The smallest absolute Gasteiger partial charge is 0.212 e. The van der Waals surface area contributed by atoms with Gasteiger partial charge in [0.2, 0.25) is 5.95 Å². The molecule has 20 heavy (non-hydrogen) atoms. The Morgan fingerprint density at radius 1 is 1.10 bits per heavy atom. The van der Waals surface area contributed by atoms with Crippen molar-refractivity contribution in [2.24, 2.45) is 0 Å². The Labute approximate surface area is 130 Å². The zero-order valence-corrected chi connectivity index (χ0v) is 12.8. The number of imidazole rings is 1. The fourth-order valence-electron chi connectivity index (χ4n) is 1.90. The van der Waals surface area contributed by atoms with Gasteiger partial charge in [0.1, 0.15) is 0 Å². The number of anilines is 2. The van der Waals surface area contributed by atoms with Crippen molar-refractivity contribution in [3.8, 4) is 5.69 Å². The molecule has 100 valence electrons. The second kappa shape index (κ2) is 5.69. The fourth-order valence-corrected chi connectivity index (χ4v) is 2.32. The van der Waals surface area contributed by atoms with Crippen LogP contribution in [0.4, 0.5) is 11.6 Å². The fraction of sp³-hybridized carbons (Fsp3) is 0. The molecule has 0 amide bonds. The molecule has 0 aliphatic heterocycles.